The standard InChI is InChI=1S/C2H6O2Si2.4CH3.2Al/c1-5(3)6(2)4;;;;;;/h1-2H3;4*1H3;;/q-2;;;;;2*+1. The zero-order chi connectivity index (χ0) is 9.72. The van der Waals surface area contributed by atoms with Gasteiger partial charge in [-0.25, -0.2) is 0 Å². The monoisotopic (exact) mass is 232 g/mol. The Morgan fingerprint density at radius 3 is 1.17 bits per heavy atom. The van der Waals surface area contributed by atoms with Gasteiger partial charge in [-0.15, -0.1) is 0 Å². The molecule has 0 bridgehead atoms. The summed E-state index contributed by atoms with van der Waals surface area (Å²) in [5.74, 6) is 8.93. The molecule has 0 aliphatic rings. The summed E-state index contributed by atoms with van der Waals surface area (Å²) < 4.78 is 11.8. The summed E-state index contributed by atoms with van der Waals surface area (Å²) in [5.41, 5.74) is 0. The SMILES string of the molecule is [CH3][Al]([CH3])[O][Si](C)[Si](C)[O][Al]([CH3])[CH3]. The molecule has 0 aromatic carbocycles. The highest BCUT2D eigenvalue weighted by molar-refractivity contribution is 7.18. The van der Waals surface area contributed by atoms with Crippen molar-refractivity contribution in [2.24, 2.45) is 0 Å². The van der Waals surface area contributed by atoms with Crippen LogP contribution in [0.1, 0.15) is 0 Å². The van der Waals surface area contributed by atoms with E-state index in [9.17, 15) is 0 Å². The van der Waals surface area contributed by atoms with Gasteiger partial charge in [-0.2, -0.15) is 0 Å². The first-order chi connectivity index (χ1) is 5.43. The van der Waals surface area contributed by atoms with Crippen molar-refractivity contribution < 1.29 is 6.96 Å². The zero-order valence-corrected chi connectivity index (χ0v) is 13.3. The Morgan fingerprint density at radius 1 is 0.750 bits per heavy atom. The maximum atomic E-state index is 5.90. The first-order valence-electron chi connectivity index (χ1n) is 4.44. The summed E-state index contributed by atoms with van der Waals surface area (Å²) in [6.45, 7) is 4.51. The highest BCUT2D eigenvalue weighted by Gasteiger charge is 2.23. The lowest BCUT2D eigenvalue weighted by Crippen LogP contribution is -2.41. The maximum absolute atomic E-state index is 5.90. The van der Waals surface area contributed by atoms with Gasteiger partial charge in [0.05, 0.1) is 0 Å². The van der Waals surface area contributed by atoms with Crippen LogP contribution < -0.4 is 0 Å². The van der Waals surface area contributed by atoms with Crippen LogP contribution in [0.25, 0.3) is 0 Å². The van der Waals surface area contributed by atoms with Crippen molar-refractivity contribution in [1.29, 1.82) is 0 Å². The van der Waals surface area contributed by atoms with E-state index in [2.05, 4.69) is 36.2 Å². The molecule has 0 rings (SSSR count). The number of hydrogen-bond donors (Lipinski definition) is 0. The Balaban J connectivity index is 3.68. The van der Waals surface area contributed by atoms with E-state index in [1.54, 1.807) is 0 Å². The molecule has 0 N–H and O–H groups in total. The maximum Gasteiger partial charge on any atom is 0.442 e. The highest BCUT2D eigenvalue weighted by atomic mass is 29.2. The fourth-order valence-corrected chi connectivity index (χ4v) is 15.1. The van der Waals surface area contributed by atoms with Crippen molar-refractivity contribution in [2.45, 2.75) is 36.2 Å². The van der Waals surface area contributed by atoms with Gasteiger partial charge < -0.3 is 6.96 Å². The summed E-state index contributed by atoms with van der Waals surface area (Å²) in [5, 5.41) is 0. The average molecular weight is 232 g/mol. The first kappa shape index (κ1) is 13.4. The molecule has 0 saturated carbocycles. The van der Waals surface area contributed by atoms with Gasteiger partial charge >= 0.3 is 29.0 Å². The minimum absolute atomic E-state index is 0.586. The van der Waals surface area contributed by atoms with Gasteiger partial charge in [0, 0.05) is 0 Å². The Hall–Kier alpha value is 1.42. The van der Waals surface area contributed by atoms with Crippen molar-refractivity contribution in [3.05, 3.63) is 0 Å². The van der Waals surface area contributed by atoms with E-state index in [4.69, 9.17) is 6.96 Å². The number of rotatable bonds is 5. The van der Waals surface area contributed by atoms with Gasteiger partial charge in [0.2, 0.25) is 0 Å². The minimum atomic E-state index is -0.824. The second kappa shape index (κ2) is 6.81. The molecule has 0 aromatic rings. The van der Waals surface area contributed by atoms with Crippen LogP contribution in [-0.2, 0) is 6.96 Å². The molecule has 0 aliphatic heterocycles. The van der Waals surface area contributed by atoms with Crippen molar-refractivity contribution in [2.75, 3.05) is 0 Å². The van der Waals surface area contributed by atoms with E-state index in [0.29, 0.717) is 0 Å². The van der Waals surface area contributed by atoms with Crippen LogP contribution in [0, 0.1) is 0 Å². The Morgan fingerprint density at radius 2 is 1.00 bits per heavy atom. The van der Waals surface area contributed by atoms with Crippen LogP contribution in [0.5, 0.6) is 0 Å². The summed E-state index contributed by atoms with van der Waals surface area (Å²) in [7, 11) is -1.17. The molecule has 12 heavy (non-hydrogen) atoms. The molecule has 0 atom stereocenters. The molecule has 2 radical (unpaired) electrons. The molecule has 2 nitrogen and oxygen atoms in total. The molecule has 0 fully saturated rings. The van der Waals surface area contributed by atoms with E-state index in [1.807, 2.05) is 0 Å². The van der Waals surface area contributed by atoms with Crippen LogP contribution in [0.4, 0.5) is 0 Å². The predicted molar refractivity (Wildman–Crippen MR) is 60.4 cm³/mol. The van der Waals surface area contributed by atoms with Gasteiger partial charge in [-0.1, -0.05) is 23.1 Å². The van der Waals surface area contributed by atoms with Crippen LogP contribution in [0.15, 0.2) is 0 Å². The third kappa shape index (κ3) is 6.88. The van der Waals surface area contributed by atoms with Crippen LogP contribution in [0.2, 0.25) is 36.2 Å². The lowest BCUT2D eigenvalue weighted by molar-refractivity contribution is 0.579. The van der Waals surface area contributed by atoms with E-state index in [1.165, 1.54) is 0 Å². The van der Waals surface area contributed by atoms with Gasteiger partial charge in [0.1, 0.15) is 0 Å². The highest BCUT2D eigenvalue weighted by Crippen LogP contribution is 1.99. The largest absolute Gasteiger partial charge is 0.547 e. The van der Waals surface area contributed by atoms with E-state index >= 15 is 0 Å². The average Bonchev–Trinajstić information content (AvgIpc) is 1.84. The summed E-state index contributed by atoms with van der Waals surface area (Å²) in [6.07, 6.45) is 0. The van der Waals surface area contributed by atoms with E-state index in [0.717, 1.165) is 0 Å². The molecular weight excluding hydrogens is 214 g/mol. The minimum Gasteiger partial charge on any atom is -0.547 e. The van der Waals surface area contributed by atoms with Gasteiger partial charge in [-0.05, 0) is 13.1 Å². The lowest BCUT2D eigenvalue weighted by atomic mass is 11.9. The Kier molecular flexibility index (Phi) is 7.62. The molecule has 0 amide bonds. The van der Waals surface area contributed by atoms with Crippen molar-refractivity contribution >= 4 is 46.1 Å². The molecule has 0 aromatic heterocycles. The van der Waals surface area contributed by atoms with Crippen LogP contribution >= 0.6 is 0 Å². The molecular formula is C6H18Al2O2Si2. The topological polar surface area (TPSA) is 18.5 Å². The fraction of sp³-hybridized carbons (Fsp3) is 1.00. The van der Waals surface area contributed by atoms with E-state index < -0.39 is 46.1 Å². The van der Waals surface area contributed by atoms with Gasteiger partial charge in [0.25, 0.3) is 0 Å². The van der Waals surface area contributed by atoms with Crippen LogP contribution in [-0.4, -0.2) is 46.1 Å². The normalized spacial score (nSPS) is 11.0. The molecule has 0 heterocycles. The molecule has 68 valence electrons. The second-order valence-corrected chi connectivity index (χ2v) is 16.0. The van der Waals surface area contributed by atoms with E-state index in [-0.39, 0.29) is 0 Å². The zero-order valence-electron chi connectivity index (χ0n) is 8.97. The molecule has 6 heteroatoms. The Labute approximate surface area is 89.0 Å². The first-order valence-corrected chi connectivity index (χ1v) is 14.8. The Bertz CT molecular complexity index is 110. The number of hydrogen-bond acceptors (Lipinski definition) is 2. The molecule has 0 saturated heterocycles. The predicted octanol–water partition coefficient (Wildman–Crippen LogP) is 1.84. The lowest BCUT2D eigenvalue weighted by Gasteiger charge is -2.20. The van der Waals surface area contributed by atoms with Crippen molar-refractivity contribution in [1.82, 2.24) is 0 Å². The molecule has 0 aliphatic carbocycles. The molecule has 0 unspecified atom stereocenters. The van der Waals surface area contributed by atoms with Gasteiger partial charge in [0.15, 0.2) is 17.1 Å². The summed E-state index contributed by atoms with van der Waals surface area (Å²) in [4.78, 5) is 0. The second-order valence-electron chi connectivity index (χ2n) is 3.45. The summed E-state index contributed by atoms with van der Waals surface area (Å²) in [6, 6.07) is 0. The third-order valence-corrected chi connectivity index (χ3v) is 14.0. The van der Waals surface area contributed by atoms with Crippen molar-refractivity contribution in [3.8, 4) is 0 Å². The quantitative estimate of drug-likeness (QED) is 0.673. The van der Waals surface area contributed by atoms with Gasteiger partial charge in [-0.3, -0.25) is 0 Å². The third-order valence-electron chi connectivity index (χ3n) is 1.32. The molecule has 0 spiro atoms. The fourth-order valence-electron chi connectivity index (χ4n) is 0.873. The smallest absolute Gasteiger partial charge is 0.442 e. The van der Waals surface area contributed by atoms with Crippen molar-refractivity contribution in [3.63, 3.8) is 0 Å². The van der Waals surface area contributed by atoms with Crippen LogP contribution in [0.3, 0.4) is 0 Å². The summed E-state index contributed by atoms with van der Waals surface area (Å²) >= 11 is -1.65.